The number of amides is 1. The Morgan fingerprint density at radius 2 is 2.13 bits per heavy atom. The molecule has 0 spiro atoms. The van der Waals surface area contributed by atoms with Gasteiger partial charge in [-0.2, -0.15) is 0 Å². The number of aromatic nitrogens is 2. The Kier molecular flexibility index (Phi) is 6.24. The first kappa shape index (κ1) is 17.6. The van der Waals surface area contributed by atoms with Crippen molar-refractivity contribution in [2.75, 3.05) is 11.9 Å². The number of carbonyl (C=O) groups excluding carboxylic acids is 1. The molecular weight excluding hydrogens is 341 g/mol. The maximum Gasteiger partial charge on any atom is 0.322 e. The molecule has 0 bridgehead atoms. The fourth-order valence-corrected chi connectivity index (χ4v) is 2.17. The van der Waals surface area contributed by atoms with Gasteiger partial charge in [-0.1, -0.05) is 42.1 Å². The fraction of sp³-hybridized carbons (Fsp3) is 0.400. The Morgan fingerprint density at radius 1 is 1.35 bits per heavy atom. The highest BCUT2D eigenvalue weighted by atomic mass is 35.5. The van der Waals surface area contributed by atoms with E-state index in [1.165, 1.54) is 6.07 Å². The minimum Gasteiger partial charge on any atom is -0.482 e. The summed E-state index contributed by atoms with van der Waals surface area (Å²) in [4.78, 5) is 11.8. The molecule has 1 N–H and O–H groups in total. The second-order valence-corrected chi connectivity index (χ2v) is 6.19. The minimum atomic E-state index is -0.421. The first-order chi connectivity index (χ1) is 10.9. The highest BCUT2D eigenvalue weighted by Crippen LogP contribution is 2.27. The molecule has 0 atom stereocenters. The molecule has 0 aliphatic carbocycles. The summed E-state index contributed by atoms with van der Waals surface area (Å²) in [7, 11) is 0. The first-order valence-corrected chi connectivity index (χ1v) is 7.89. The summed E-state index contributed by atoms with van der Waals surface area (Å²) in [6.45, 7) is 3.99. The summed E-state index contributed by atoms with van der Waals surface area (Å²) in [6.07, 6.45) is 1.62. The lowest BCUT2D eigenvalue weighted by atomic mass is 10.1. The van der Waals surface area contributed by atoms with Crippen LogP contribution in [-0.2, 0) is 11.2 Å². The van der Waals surface area contributed by atoms with Gasteiger partial charge in [0.25, 0.3) is 5.91 Å². The van der Waals surface area contributed by atoms with Crippen molar-refractivity contribution in [1.29, 1.82) is 0 Å². The van der Waals surface area contributed by atoms with E-state index in [1.54, 1.807) is 12.1 Å². The largest absolute Gasteiger partial charge is 0.482 e. The van der Waals surface area contributed by atoms with Crippen LogP contribution in [0.1, 0.15) is 26.2 Å². The van der Waals surface area contributed by atoms with Gasteiger partial charge < -0.3 is 9.15 Å². The van der Waals surface area contributed by atoms with Gasteiger partial charge in [-0.3, -0.25) is 10.1 Å². The first-order valence-electron chi connectivity index (χ1n) is 7.14. The van der Waals surface area contributed by atoms with E-state index in [2.05, 4.69) is 29.4 Å². The molecule has 2 aromatic rings. The molecule has 1 amide bonds. The summed E-state index contributed by atoms with van der Waals surface area (Å²) < 4.78 is 10.7. The minimum absolute atomic E-state index is 0.0551. The zero-order valence-electron chi connectivity index (χ0n) is 12.8. The van der Waals surface area contributed by atoms with Gasteiger partial charge in [0, 0.05) is 11.4 Å². The molecule has 0 saturated heterocycles. The normalized spacial score (nSPS) is 10.8. The summed E-state index contributed by atoms with van der Waals surface area (Å²) in [6, 6.07) is 4.81. The van der Waals surface area contributed by atoms with E-state index in [9.17, 15) is 4.79 Å². The Morgan fingerprint density at radius 3 is 2.83 bits per heavy atom. The summed E-state index contributed by atoms with van der Waals surface area (Å²) >= 11 is 11.7. The SMILES string of the molecule is CC(C)CCc1nnc(NC(=O)COc2ccc(Cl)cc2Cl)o1. The molecule has 0 unspecified atom stereocenters. The van der Waals surface area contributed by atoms with Crippen LogP contribution in [0.15, 0.2) is 22.6 Å². The van der Waals surface area contributed by atoms with E-state index in [4.69, 9.17) is 32.4 Å². The van der Waals surface area contributed by atoms with Gasteiger partial charge >= 0.3 is 6.01 Å². The van der Waals surface area contributed by atoms with Gasteiger partial charge in [0.1, 0.15) is 5.75 Å². The third kappa shape index (κ3) is 5.73. The van der Waals surface area contributed by atoms with Crippen LogP contribution in [0.2, 0.25) is 10.0 Å². The van der Waals surface area contributed by atoms with Crippen molar-refractivity contribution < 1.29 is 13.9 Å². The van der Waals surface area contributed by atoms with Crippen LogP contribution >= 0.6 is 23.2 Å². The Hall–Kier alpha value is -1.79. The predicted molar refractivity (Wildman–Crippen MR) is 88.0 cm³/mol. The molecule has 6 nitrogen and oxygen atoms in total. The molecule has 23 heavy (non-hydrogen) atoms. The summed E-state index contributed by atoms with van der Waals surface area (Å²) in [5, 5.41) is 10.9. The van der Waals surface area contributed by atoms with Crippen molar-refractivity contribution in [3.8, 4) is 5.75 Å². The zero-order chi connectivity index (χ0) is 16.8. The summed E-state index contributed by atoms with van der Waals surface area (Å²) in [5.41, 5.74) is 0. The van der Waals surface area contributed by atoms with E-state index < -0.39 is 5.91 Å². The number of hydrogen-bond donors (Lipinski definition) is 1. The van der Waals surface area contributed by atoms with Crippen molar-refractivity contribution in [3.63, 3.8) is 0 Å². The molecule has 1 heterocycles. The molecule has 1 aromatic heterocycles. The number of halogens is 2. The maximum atomic E-state index is 11.8. The molecule has 0 fully saturated rings. The molecule has 0 saturated carbocycles. The number of nitrogens with one attached hydrogen (secondary N) is 1. The maximum absolute atomic E-state index is 11.8. The van der Waals surface area contributed by atoms with Crippen LogP contribution in [0.4, 0.5) is 6.01 Å². The van der Waals surface area contributed by atoms with E-state index in [0.29, 0.717) is 34.0 Å². The molecule has 1 aromatic carbocycles. The van der Waals surface area contributed by atoms with Crippen molar-refractivity contribution >= 4 is 35.1 Å². The lowest BCUT2D eigenvalue weighted by Crippen LogP contribution is -2.20. The van der Waals surface area contributed by atoms with Crippen LogP contribution in [0.3, 0.4) is 0 Å². The number of carbonyl (C=O) groups is 1. The van der Waals surface area contributed by atoms with E-state index in [-0.39, 0.29) is 12.6 Å². The highest BCUT2D eigenvalue weighted by Gasteiger charge is 2.12. The van der Waals surface area contributed by atoms with Gasteiger partial charge in [0.15, 0.2) is 6.61 Å². The lowest BCUT2D eigenvalue weighted by molar-refractivity contribution is -0.118. The number of hydrogen-bond acceptors (Lipinski definition) is 5. The molecule has 0 aliphatic heterocycles. The summed E-state index contributed by atoms with van der Waals surface area (Å²) in [5.74, 6) is 0.984. The Labute approximate surface area is 144 Å². The predicted octanol–water partition coefficient (Wildman–Crippen LogP) is 3.98. The topological polar surface area (TPSA) is 77.2 Å². The smallest absolute Gasteiger partial charge is 0.322 e. The third-order valence-corrected chi connectivity index (χ3v) is 3.43. The van der Waals surface area contributed by atoms with Gasteiger partial charge in [-0.25, -0.2) is 0 Å². The average Bonchev–Trinajstić information content (AvgIpc) is 2.91. The standard InChI is InChI=1S/C15H17Cl2N3O3/c1-9(2)3-6-14-19-20-15(23-14)18-13(21)8-22-12-5-4-10(16)7-11(12)17/h4-5,7,9H,3,6,8H2,1-2H3,(H,18,20,21). The molecule has 8 heteroatoms. The molecule has 124 valence electrons. The van der Waals surface area contributed by atoms with Gasteiger partial charge in [0.2, 0.25) is 5.89 Å². The van der Waals surface area contributed by atoms with Crippen molar-refractivity contribution in [2.24, 2.45) is 5.92 Å². The van der Waals surface area contributed by atoms with E-state index >= 15 is 0 Å². The molecule has 2 rings (SSSR count). The zero-order valence-corrected chi connectivity index (χ0v) is 14.3. The lowest BCUT2D eigenvalue weighted by Gasteiger charge is -2.07. The quantitative estimate of drug-likeness (QED) is 0.810. The highest BCUT2D eigenvalue weighted by molar-refractivity contribution is 6.35. The van der Waals surface area contributed by atoms with Crippen LogP contribution in [0.25, 0.3) is 0 Å². The molecule has 0 aliphatic rings. The second kappa shape index (κ2) is 8.17. The number of nitrogens with zero attached hydrogens (tertiary/aromatic N) is 2. The van der Waals surface area contributed by atoms with Gasteiger partial charge in [0.05, 0.1) is 5.02 Å². The third-order valence-electron chi connectivity index (χ3n) is 2.90. The number of rotatable bonds is 7. The number of aryl methyl sites for hydroxylation is 1. The second-order valence-electron chi connectivity index (χ2n) is 5.35. The van der Waals surface area contributed by atoms with E-state index in [0.717, 1.165) is 6.42 Å². The van der Waals surface area contributed by atoms with Gasteiger partial charge in [-0.05, 0) is 30.5 Å². The van der Waals surface area contributed by atoms with Crippen molar-refractivity contribution in [3.05, 3.63) is 34.1 Å². The number of anilines is 1. The number of benzene rings is 1. The van der Waals surface area contributed by atoms with Gasteiger partial charge in [-0.15, -0.1) is 5.10 Å². The average molecular weight is 358 g/mol. The molecule has 0 radical (unpaired) electrons. The van der Waals surface area contributed by atoms with Crippen LogP contribution in [0, 0.1) is 5.92 Å². The Bertz CT molecular complexity index is 674. The Balaban J connectivity index is 1.82. The number of ether oxygens (including phenoxy) is 1. The van der Waals surface area contributed by atoms with Crippen LogP contribution < -0.4 is 10.1 Å². The monoisotopic (exact) mass is 357 g/mol. The molecular formula is C15H17Cl2N3O3. The fourth-order valence-electron chi connectivity index (χ4n) is 1.71. The van der Waals surface area contributed by atoms with Crippen LogP contribution in [0.5, 0.6) is 5.75 Å². The van der Waals surface area contributed by atoms with E-state index in [1.807, 2.05) is 0 Å². The van der Waals surface area contributed by atoms with Crippen molar-refractivity contribution in [1.82, 2.24) is 10.2 Å². The van der Waals surface area contributed by atoms with Crippen molar-refractivity contribution in [2.45, 2.75) is 26.7 Å². The van der Waals surface area contributed by atoms with Crippen LogP contribution in [-0.4, -0.2) is 22.7 Å².